The van der Waals surface area contributed by atoms with E-state index < -0.39 is 0 Å². The maximum Gasteiger partial charge on any atom is 0.206 e. The van der Waals surface area contributed by atoms with Crippen LogP contribution in [-0.2, 0) is 6.42 Å². The molecule has 0 aliphatic carbocycles. The molecular formula is C23H22N6S. The van der Waals surface area contributed by atoms with E-state index in [1.54, 1.807) is 0 Å². The summed E-state index contributed by atoms with van der Waals surface area (Å²) < 4.78 is 0. The lowest BCUT2D eigenvalue weighted by atomic mass is 10.0. The van der Waals surface area contributed by atoms with Crippen molar-refractivity contribution in [1.82, 2.24) is 20.4 Å². The van der Waals surface area contributed by atoms with Gasteiger partial charge in [0, 0.05) is 23.5 Å². The van der Waals surface area contributed by atoms with Crippen LogP contribution in [0.4, 0.5) is 5.13 Å². The van der Waals surface area contributed by atoms with E-state index in [0.29, 0.717) is 6.54 Å². The third-order valence-corrected chi connectivity index (χ3v) is 6.18. The molecule has 0 amide bonds. The molecule has 3 aromatic carbocycles. The number of H-pyrrole nitrogens is 1. The summed E-state index contributed by atoms with van der Waals surface area (Å²) in [5.74, 6) is 0. The van der Waals surface area contributed by atoms with E-state index in [-0.39, 0.29) is 6.04 Å². The lowest BCUT2D eigenvalue weighted by Gasteiger charge is -2.12. The number of benzene rings is 3. The van der Waals surface area contributed by atoms with Gasteiger partial charge in [0.2, 0.25) is 5.13 Å². The molecular weight excluding hydrogens is 392 g/mol. The molecule has 5 rings (SSSR count). The number of hydrogen-bond donors (Lipinski definition) is 3. The summed E-state index contributed by atoms with van der Waals surface area (Å²) in [4.78, 5) is 0. The molecule has 1 atom stereocenters. The number of aryl methyl sites for hydroxylation is 1. The molecule has 2 heterocycles. The molecule has 5 aromatic rings. The van der Waals surface area contributed by atoms with Crippen LogP contribution in [0.3, 0.4) is 0 Å². The maximum atomic E-state index is 6.37. The first-order valence-electron chi connectivity index (χ1n) is 9.91. The van der Waals surface area contributed by atoms with E-state index in [2.05, 4.69) is 74.2 Å². The Morgan fingerprint density at radius 2 is 1.90 bits per heavy atom. The van der Waals surface area contributed by atoms with Gasteiger partial charge in [-0.1, -0.05) is 53.8 Å². The fraction of sp³-hybridized carbons (Fsp3) is 0.174. The molecule has 0 fully saturated rings. The number of hydrogen-bond acceptors (Lipinski definition) is 6. The molecule has 2 aromatic heterocycles. The summed E-state index contributed by atoms with van der Waals surface area (Å²) in [6, 6.07) is 21.1. The average molecular weight is 415 g/mol. The summed E-state index contributed by atoms with van der Waals surface area (Å²) >= 11 is 1.53. The maximum absolute atomic E-state index is 6.37. The van der Waals surface area contributed by atoms with Gasteiger partial charge < -0.3 is 11.1 Å². The van der Waals surface area contributed by atoms with Gasteiger partial charge in [0.05, 0.1) is 11.2 Å². The van der Waals surface area contributed by atoms with Crippen LogP contribution in [0, 0.1) is 6.92 Å². The summed E-state index contributed by atoms with van der Waals surface area (Å²) in [5.41, 5.74) is 10.7. The zero-order valence-corrected chi connectivity index (χ0v) is 17.4. The highest BCUT2D eigenvalue weighted by Crippen LogP contribution is 2.29. The number of aromatic nitrogens is 4. The lowest BCUT2D eigenvalue weighted by molar-refractivity contribution is 0.699. The Labute approximate surface area is 178 Å². The number of nitrogens with two attached hydrogens (primary N) is 1. The highest BCUT2D eigenvalue weighted by atomic mass is 32.1. The van der Waals surface area contributed by atoms with Crippen molar-refractivity contribution >= 4 is 38.1 Å². The van der Waals surface area contributed by atoms with Gasteiger partial charge >= 0.3 is 0 Å². The first kappa shape index (κ1) is 18.7. The molecule has 0 radical (unpaired) electrons. The van der Waals surface area contributed by atoms with Gasteiger partial charge in [-0.25, -0.2) is 0 Å². The Kier molecular flexibility index (Phi) is 4.90. The molecule has 4 N–H and O–H groups in total. The fourth-order valence-electron chi connectivity index (χ4n) is 3.65. The SMILES string of the molecule is Cc1n[nH]c2ccc(-c3nnc(NC[C@@H](N)Cc4ccc5ccccc5c4)s3)cc12. The Bertz CT molecular complexity index is 1320. The van der Waals surface area contributed by atoms with Gasteiger partial charge in [-0.05, 0) is 47.9 Å². The largest absolute Gasteiger partial charge is 0.359 e. The topological polar surface area (TPSA) is 92.5 Å². The summed E-state index contributed by atoms with van der Waals surface area (Å²) in [6.45, 7) is 2.63. The van der Waals surface area contributed by atoms with Gasteiger partial charge in [-0.3, -0.25) is 5.10 Å². The monoisotopic (exact) mass is 414 g/mol. The van der Waals surface area contributed by atoms with Crippen LogP contribution in [0.15, 0.2) is 60.7 Å². The van der Waals surface area contributed by atoms with Gasteiger partial charge in [0.1, 0.15) is 5.01 Å². The van der Waals surface area contributed by atoms with Crippen LogP contribution in [0.1, 0.15) is 11.3 Å². The van der Waals surface area contributed by atoms with Crippen molar-refractivity contribution in [3.8, 4) is 10.6 Å². The minimum atomic E-state index is -0.0107. The van der Waals surface area contributed by atoms with Crippen LogP contribution < -0.4 is 11.1 Å². The van der Waals surface area contributed by atoms with E-state index in [9.17, 15) is 0 Å². The second-order valence-corrected chi connectivity index (χ2v) is 8.49. The highest BCUT2D eigenvalue weighted by molar-refractivity contribution is 7.18. The zero-order chi connectivity index (χ0) is 20.5. The molecule has 0 saturated carbocycles. The number of rotatable bonds is 6. The van der Waals surface area contributed by atoms with Crippen molar-refractivity contribution in [2.75, 3.05) is 11.9 Å². The quantitative estimate of drug-likeness (QED) is 0.380. The Morgan fingerprint density at radius 1 is 1.03 bits per heavy atom. The van der Waals surface area contributed by atoms with Gasteiger partial charge in [0.25, 0.3) is 0 Å². The summed E-state index contributed by atoms with van der Waals surface area (Å²) in [7, 11) is 0. The molecule has 0 saturated heterocycles. The first-order valence-corrected chi connectivity index (χ1v) is 10.7. The van der Waals surface area contributed by atoms with E-state index >= 15 is 0 Å². The van der Waals surface area contributed by atoms with Crippen molar-refractivity contribution in [3.63, 3.8) is 0 Å². The minimum Gasteiger partial charge on any atom is -0.359 e. The van der Waals surface area contributed by atoms with Gasteiger partial charge in [-0.15, -0.1) is 10.2 Å². The molecule has 0 unspecified atom stereocenters. The van der Waals surface area contributed by atoms with Crippen molar-refractivity contribution in [3.05, 3.63) is 71.9 Å². The Hall–Kier alpha value is -3.29. The van der Waals surface area contributed by atoms with E-state index in [1.807, 2.05) is 19.1 Å². The van der Waals surface area contributed by atoms with Gasteiger partial charge in [0.15, 0.2) is 0 Å². The standard InChI is InChI=1S/C23H22N6S/c1-14-20-12-18(8-9-21(20)27-26-14)22-28-29-23(30-22)25-13-19(24)11-15-6-7-16-4-2-3-5-17(16)10-15/h2-10,12,19H,11,13,24H2,1H3,(H,25,29)(H,26,27)/t19-/m0/s1. The number of aromatic amines is 1. The zero-order valence-electron chi connectivity index (χ0n) is 16.6. The van der Waals surface area contributed by atoms with Crippen LogP contribution in [0.25, 0.3) is 32.2 Å². The summed E-state index contributed by atoms with van der Waals surface area (Å²) in [6.07, 6.45) is 0.805. The van der Waals surface area contributed by atoms with Crippen molar-refractivity contribution < 1.29 is 0 Å². The second kappa shape index (κ2) is 7.85. The highest BCUT2D eigenvalue weighted by Gasteiger charge is 2.11. The van der Waals surface area contributed by atoms with Crippen LogP contribution in [0.5, 0.6) is 0 Å². The minimum absolute atomic E-state index is 0.0107. The van der Waals surface area contributed by atoms with Crippen LogP contribution in [-0.4, -0.2) is 33.0 Å². The van der Waals surface area contributed by atoms with Gasteiger partial charge in [-0.2, -0.15) is 5.10 Å². The summed E-state index contributed by atoms with van der Waals surface area (Å²) in [5, 5.41) is 24.5. The molecule has 0 aliphatic rings. The molecule has 150 valence electrons. The van der Waals surface area contributed by atoms with Crippen LogP contribution >= 0.6 is 11.3 Å². The molecule has 6 nitrogen and oxygen atoms in total. The molecule has 0 bridgehead atoms. The predicted molar refractivity (Wildman–Crippen MR) is 124 cm³/mol. The molecule has 30 heavy (non-hydrogen) atoms. The molecule has 0 spiro atoms. The second-order valence-electron chi connectivity index (χ2n) is 7.51. The van der Waals surface area contributed by atoms with Crippen molar-refractivity contribution in [2.45, 2.75) is 19.4 Å². The number of anilines is 1. The number of fused-ring (bicyclic) bond motifs is 2. The molecule has 7 heteroatoms. The average Bonchev–Trinajstić information content (AvgIpc) is 3.39. The van der Waals surface area contributed by atoms with Crippen LogP contribution in [0.2, 0.25) is 0 Å². The lowest BCUT2D eigenvalue weighted by Crippen LogP contribution is -2.31. The first-order chi connectivity index (χ1) is 14.7. The van der Waals surface area contributed by atoms with Crippen molar-refractivity contribution in [2.24, 2.45) is 5.73 Å². The smallest absolute Gasteiger partial charge is 0.206 e. The van der Waals surface area contributed by atoms with E-state index in [1.165, 1.54) is 27.7 Å². The van der Waals surface area contributed by atoms with E-state index in [4.69, 9.17) is 5.73 Å². The fourth-order valence-corrected chi connectivity index (χ4v) is 4.40. The number of nitrogens with one attached hydrogen (secondary N) is 2. The third-order valence-electron chi connectivity index (χ3n) is 5.25. The predicted octanol–water partition coefficient (Wildman–Crippen LogP) is 4.52. The normalized spacial score (nSPS) is 12.5. The van der Waals surface area contributed by atoms with E-state index in [0.717, 1.165) is 38.7 Å². The Balaban J connectivity index is 1.23. The number of nitrogens with zero attached hydrogens (tertiary/aromatic N) is 3. The molecule has 0 aliphatic heterocycles. The Morgan fingerprint density at radius 3 is 2.80 bits per heavy atom. The van der Waals surface area contributed by atoms with Crippen molar-refractivity contribution in [1.29, 1.82) is 0 Å². The third kappa shape index (κ3) is 3.77.